The fourth-order valence-electron chi connectivity index (χ4n) is 2.13. The highest BCUT2D eigenvalue weighted by Crippen LogP contribution is 2.24. The SMILES string of the molecule is CC(CC(=O)CCCSSCCCC(=O)CC(C)C(=O)NN)C(=O)NN. The molecule has 0 fully saturated rings. The third kappa shape index (κ3) is 12.3. The van der Waals surface area contributed by atoms with E-state index in [1.807, 2.05) is 10.9 Å². The Labute approximate surface area is 162 Å². The van der Waals surface area contributed by atoms with Crippen molar-refractivity contribution in [2.45, 2.75) is 52.4 Å². The van der Waals surface area contributed by atoms with E-state index < -0.39 is 11.8 Å². The van der Waals surface area contributed by atoms with Gasteiger partial charge in [0.05, 0.1) is 0 Å². The van der Waals surface area contributed by atoms with Gasteiger partial charge in [0.15, 0.2) is 0 Å². The number of carbonyl (C=O) groups is 4. The molecule has 0 rings (SSSR count). The van der Waals surface area contributed by atoms with Gasteiger partial charge in [0.1, 0.15) is 11.6 Å². The molecular formula is C16H30N4O4S2. The highest BCUT2D eigenvalue weighted by atomic mass is 33.1. The second kappa shape index (κ2) is 15.0. The number of rotatable bonds is 15. The van der Waals surface area contributed by atoms with E-state index in [-0.39, 0.29) is 36.2 Å². The number of hydrazine groups is 2. The number of nitrogens with one attached hydrogen (secondary N) is 2. The molecule has 8 nitrogen and oxygen atoms in total. The van der Waals surface area contributed by atoms with Crippen LogP contribution >= 0.6 is 21.6 Å². The first-order valence-electron chi connectivity index (χ1n) is 8.60. The summed E-state index contributed by atoms with van der Waals surface area (Å²) in [4.78, 5) is 45.9. The summed E-state index contributed by atoms with van der Waals surface area (Å²) in [6, 6.07) is 0. The maximum atomic E-state index is 11.7. The molecule has 10 heteroatoms. The van der Waals surface area contributed by atoms with Gasteiger partial charge >= 0.3 is 0 Å². The summed E-state index contributed by atoms with van der Waals surface area (Å²) in [5, 5.41) is 0. The molecule has 6 N–H and O–H groups in total. The molecule has 0 radical (unpaired) electrons. The first-order chi connectivity index (χ1) is 12.3. The zero-order chi connectivity index (χ0) is 19.9. The van der Waals surface area contributed by atoms with Crippen LogP contribution in [0.2, 0.25) is 0 Å². The summed E-state index contributed by atoms with van der Waals surface area (Å²) < 4.78 is 0. The van der Waals surface area contributed by atoms with E-state index in [4.69, 9.17) is 11.7 Å². The Morgan fingerprint density at radius 2 is 1.12 bits per heavy atom. The first-order valence-corrected chi connectivity index (χ1v) is 11.1. The van der Waals surface area contributed by atoms with Crippen LogP contribution in [0.5, 0.6) is 0 Å². The molecule has 0 heterocycles. The number of hydrogen-bond donors (Lipinski definition) is 4. The van der Waals surface area contributed by atoms with Crippen molar-refractivity contribution < 1.29 is 19.2 Å². The molecule has 0 bridgehead atoms. The summed E-state index contributed by atoms with van der Waals surface area (Å²) in [5.41, 5.74) is 4.09. The molecule has 2 unspecified atom stereocenters. The Bertz CT molecular complexity index is 435. The molecule has 0 aromatic heterocycles. The van der Waals surface area contributed by atoms with Crippen molar-refractivity contribution in [2.24, 2.45) is 23.5 Å². The second-order valence-corrected chi connectivity index (χ2v) is 8.86. The van der Waals surface area contributed by atoms with Crippen LogP contribution in [0.25, 0.3) is 0 Å². The van der Waals surface area contributed by atoms with Crippen molar-refractivity contribution in [3.05, 3.63) is 0 Å². The second-order valence-electron chi connectivity index (χ2n) is 6.16. The lowest BCUT2D eigenvalue weighted by atomic mass is 10.0. The molecule has 0 aliphatic rings. The van der Waals surface area contributed by atoms with Crippen molar-refractivity contribution >= 4 is 45.0 Å². The Hall–Kier alpha value is -1.10. The maximum Gasteiger partial charge on any atom is 0.237 e. The number of carbonyl (C=O) groups excluding carboxylic acids is 4. The van der Waals surface area contributed by atoms with Crippen LogP contribution in [0.15, 0.2) is 0 Å². The molecule has 2 atom stereocenters. The minimum absolute atomic E-state index is 0.0629. The van der Waals surface area contributed by atoms with E-state index in [2.05, 4.69) is 0 Å². The summed E-state index contributed by atoms with van der Waals surface area (Å²) in [7, 11) is 3.34. The Morgan fingerprint density at radius 3 is 1.42 bits per heavy atom. The number of ketones is 2. The maximum absolute atomic E-state index is 11.7. The van der Waals surface area contributed by atoms with Crippen LogP contribution in [-0.4, -0.2) is 34.9 Å². The minimum atomic E-state index is -0.397. The number of hydrogen-bond acceptors (Lipinski definition) is 8. The van der Waals surface area contributed by atoms with Crippen LogP contribution < -0.4 is 22.5 Å². The highest BCUT2D eigenvalue weighted by Gasteiger charge is 2.16. The molecule has 0 aromatic rings. The topological polar surface area (TPSA) is 144 Å². The van der Waals surface area contributed by atoms with Crippen LogP contribution in [0.1, 0.15) is 52.4 Å². The third-order valence-electron chi connectivity index (χ3n) is 3.70. The number of nitrogens with two attached hydrogens (primary N) is 2. The molecular weight excluding hydrogens is 376 g/mol. The molecule has 2 amide bonds. The molecule has 0 saturated carbocycles. The predicted molar refractivity (Wildman–Crippen MR) is 106 cm³/mol. The van der Waals surface area contributed by atoms with Gasteiger partial charge in [-0.15, -0.1) is 0 Å². The summed E-state index contributed by atoms with van der Waals surface area (Å²) in [5.74, 6) is 10.4. The van der Waals surface area contributed by atoms with Gasteiger partial charge in [-0.3, -0.25) is 30.0 Å². The van der Waals surface area contributed by atoms with Crippen molar-refractivity contribution in [2.75, 3.05) is 11.5 Å². The minimum Gasteiger partial charge on any atom is -0.300 e. The zero-order valence-corrected chi connectivity index (χ0v) is 17.0. The Balaban J connectivity index is 3.59. The van der Waals surface area contributed by atoms with E-state index in [1.54, 1.807) is 35.4 Å². The summed E-state index contributed by atoms with van der Waals surface area (Å²) in [6.45, 7) is 3.35. The van der Waals surface area contributed by atoms with E-state index in [1.165, 1.54) is 0 Å². The van der Waals surface area contributed by atoms with E-state index in [0.717, 1.165) is 24.3 Å². The van der Waals surface area contributed by atoms with E-state index in [9.17, 15) is 19.2 Å². The van der Waals surface area contributed by atoms with Gasteiger partial charge in [-0.2, -0.15) is 0 Å². The van der Waals surface area contributed by atoms with Crippen LogP contribution in [0.4, 0.5) is 0 Å². The number of Topliss-reactive ketones (excluding diaryl/α,β-unsaturated/α-hetero) is 2. The fraction of sp³-hybridized carbons (Fsp3) is 0.750. The molecule has 150 valence electrons. The van der Waals surface area contributed by atoms with Crippen LogP contribution in [0, 0.1) is 11.8 Å². The average Bonchev–Trinajstić information content (AvgIpc) is 2.61. The van der Waals surface area contributed by atoms with Crippen molar-refractivity contribution in [1.82, 2.24) is 10.9 Å². The van der Waals surface area contributed by atoms with Gasteiger partial charge in [-0.05, 0) is 12.8 Å². The van der Waals surface area contributed by atoms with Gasteiger partial charge in [-0.25, -0.2) is 11.7 Å². The fourth-order valence-corrected chi connectivity index (χ4v) is 4.31. The van der Waals surface area contributed by atoms with Gasteiger partial charge in [0, 0.05) is 49.0 Å². The van der Waals surface area contributed by atoms with Crippen molar-refractivity contribution in [1.29, 1.82) is 0 Å². The van der Waals surface area contributed by atoms with Crippen molar-refractivity contribution in [3.63, 3.8) is 0 Å². The number of amides is 2. The summed E-state index contributed by atoms with van der Waals surface area (Å²) >= 11 is 0. The Kier molecular flexibility index (Phi) is 14.4. The lowest BCUT2D eigenvalue weighted by Crippen LogP contribution is -2.35. The predicted octanol–water partition coefficient (Wildman–Crippen LogP) is 1.10. The normalized spacial score (nSPS) is 12.9. The summed E-state index contributed by atoms with van der Waals surface area (Å²) in [6.07, 6.45) is 2.86. The van der Waals surface area contributed by atoms with Gasteiger partial charge in [-0.1, -0.05) is 35.4 Å². The Morgan fingerprint density at radius 1 is 0.769 bits per heavy atom. The van der Waals surface area contributed by atoms with Crippen molar-refractivity contribution in [3.8, 4) is 0 Å². The van der Waals surface area contributed by atoms with Gasteiger partial charge in [0.2, 0.25) is 11.8 Å². The highest BCUT2D eigenvalue weighted by molar-refractivity contribution is 8.76. The zero-order valence-electron chi connectivity index (χ0n) is 15.4. The molecule has 0 aliphatic carbocycles. The van der Waals surface area contributed by atoms with Crippen LogP contribution in [-0.2, 0) is 19.2 Å². The van der Waals surface area contributed by atoms with Gasteiger partial charge < -0.3 is 0 Å². The molecule has 0 aliphatic heterocycles. The lowest BCUT2D eigenvalue weighted by Gasteiger charge is -2.08. The molecule has 0 spiro atoms. The standard InChI is InChI=1S/C16H30N4O4S2/c1-11(15(23)19-17)9-13(21)5-3-7-25-26-8-4-6-14(22)10-12(2)16(24)20-18/h11-12H,3-10,17-18H2,1-2H3,(H,19,23)(H,20,24). The molecule has 26 heavy (non-hydrogen) atoms. The quantitative estimate of drug-likeness (QED) is 0.104. The lowest BCUT2D eigenvalue weighted by molar-refractivity contribution is -0.129. The average molecular weight is 407 g/mol. The van der Waals surface area contributed by atoms with Gasteiger partial charge in [0.25, 0.3) is 0 Å². The van der Waals surface area contributed by atoms with Crippen LogP contribution in [0.3, 0.4) is 0 Å². The third-order valence-corrected chi connectivity index (χ3v) is 6.27. The molecule has 0 saturated heterocycles. The molecule has 0 aromatic carbocycles. The van der Waals surface area contributed by atoms with E-state index >= 15 is 0 Å². The monoisotopic (exact) mass is 406 g/mol. The first kappa shape index (κ1) is 24.9. The largest absolute Gasteiger partial charge is 0.300 e. The smallest absolute Gasteiger partial charge is 0.237 e. The van der Waals surface area contributed by atoms with E-state index in [0.29, 0.717) is 12.8 Å².